The standard InChI is InChI=1S/C17H16N6OS2/c1-10-4-2-3-5-11(10)12-8-23-13(9-25-17(23)20-12)15(24)19-7-6-14-21-22-16(18)26-14/h2-5,8-9H,6-7H2,1H3,(H2,18,22)(H,19,24). The van der Waals surface area contributed by atoms with E-state index in [0.29, 0.717) is 23.8 Å². The molecule has 9 heteroatoms. The fourth-order valence-corrected chi connectivity index (χ4v) is 4.14. The van der Waals surface area contributed by atoms with Gasteiger partial charge in [-0.3, -0.25) is 9.20 Å². The van der Waals surface area contributed by atoms with Crippen molar-refractivity contribution in [3.63, 3.8) is 0 Å². The van der Waals surface area contributed by atoms with Crippen molar-refractivity contribution in [2.75, 3.05) is 12.3 Å². The van der Waals surface area contributed by atoms with Crippen molar-refractivity contribution in [1.82, 2.24) is 24.9 Å². The summed E-state index contributed by atoms with van der Waals surface area (Å²) in [6.45, 7) is 2.53. The van der Waals surface area contributed by atoms with Gasteiger partial charge in [0.1, 0.15) is 10.7 Å². The third-order valence-electron chi connectivity index (χ3n) is 3.97. The SMILES string of the molecule is Cc1ccccc1-c1cn2c(C(=O)NCCc3nnc(N)s3)csc2n1. The van der Waals surface area contributed by atoms with Crippen LogP contribution in [0.25, 0.3) is 16.2 Å². The number of amides is 1. The molecule has 3 aromatic heterocycles. The van der Waals surface area contributed by atoms with Crippen LogP contribution in [-0.2, 0) is 6.42 Å². The van der Waals surface area contributed by atoms with E-state index in [1.165, 1.54) is 22.7 Å². The number of thiazole rings is 1. The Hall–Kier alpha value is -2.78. The van der Waals surface area contributed by atoms with Crippen molar-refractivity contribution in [2.45, 2.75) is 13.3 Å². The highest BCUT2D eigenvalue weighted by atomic mass is 32.1. The number of aromatic nitrogens is 4. The second-order valence-electron chi connectivity index (χ2n) is 5.75. The minimum absolute atomic E-state index is 0.137. The molecule has 0 unspecified atom stereocenters. The summed E-state index contributed by atoms with van der Waals surface area (Å²) in [4.78, 5) is 18.0. The molecule has 0 radical (unpaired) electrons. The molecule has 26 heavy (non-hydrogen) atoms. The smallest absolute Gasteiger partial charge is 0.269 e. The monoisotopic (exact) mass is 384 g/mol. The number of nitrogen functional groups attached to an aromatic ring is 1. The lowest BCUT2D eigenvalue weighted by Gasteiger charge is -2.03. The van der Waals surface area contributed by atoms with Gasteiger partial charge in [-0.2, -0.15) is 0 Å². The Kier molecular flexibility index (Phi) is 4.39. The number of nitrogens with zero attached hydrogens (tertiary/aromatic N) is 4. The van der Waals surface area contributed by atoms with Crippen LogP contribution < -0.4 is 11.1 Å². The molecule has 7 nitrogen and oxygen atoms in total. The van der Waals surface area contributed by atoms with Crippen molar-refractivity contribution in [3.05, 3.63) is 52.1 Å². The summed E-state index contributed by atoms with van der Waals surface area (Å²) < 4.78 is 1.84. The third kappa shape index (κ3) is 3.18. The van der Waals surface area contributed by atoms with Crippen LogP contribution in [0.2, 0.25) is 0 Å². The summed E-state index contributed by atoms with van der Waals surface area (Å²) >= 11 is 2.78. The summed E-state index contributed by atoms with van der Waals surface area (Å²) in [7, 11) is 0. The number of aryl methyl sites for hydroxylation is 1. The van der Waals surface area contributed by atoms with Crippen molar-refractivity contribution in [2.24, 2.45) is 0 Å². The van der Waals surface area contributed by atoms with Gasteiger partial charge in [-0.05, 0) is 12.5 Å². The van der Waals surface area contributed by atoms with E-state index in [4.69, 9.17) is 5.73 Å². The van der Waals surface area contributed by atoms with Crippen LogP contribution in [0.15, 0.2) is 35.8 Å². The molecule has 0 saturated heterocycles. The molecule has 4 aromatic rings. The molecule has 4 rings (SSSR count). The molecule has 0 aliphatic heterocycles. The maximum atomic E-state index is 12.5. The summed E-state index contributed by atoms with van der Waals surface area (Å²) in [6.07, 6.45) is 2.51. The number of anilines is 1. The van der Waals surface area contributed by atoms with Gasteiger partial charge in [0.15, 0.2) is 4.96 Å². The summed E-state index contributed by atoms with van der Waals surface area (Å²) in [5, 5.41) is 13.7. The van der Waals surface area contributed by atoms with Crippen molar-refractivity contribution in [3.8, 4) is 11.3 Å². The Morgan fingerprint density at radius 2 is 2.15 bits per heavy atom. The first-order valence-corrected chi connectivity index (χ1v) is 9.70. The van der Waals surface area contributed by atoms with Gasteiger partial charge in [0.2, 0.25) is 5.13 Å². The Labute approximate surface area is 157 Å². The highest BCUT2D eigenvalue weighted by Crippen LogP contribution is 2.26. The van der Waals surface area contributed by atoms with Crippen LogP contribution in [0, 0.1) is 6.92 Å². The minimum atomic E-state index is -0.137. The first-order valence-electron chi connectivity index (χ1n) is 8.00. The second-order valence-corrected chi connectivity index (χ2v) is 7.68. The minimum Gasteiger partial charge on any atom is -0.374 e. The summed E-state index contributed by atoms with van der Waals surface area (Å²) in [5.74, 6) is -0.137. The third-order valence-corrected chi connectivity index (χ3v) is 5.62. The Bertz CT molecular complexity index is 1080. The van der Waals surface area contributed by atoms with Gasteiger partial charge in [-0.1, -0.05) is 35.6 Å². The van der Waals surface area contributed by atoms with Gasteiger partial charge in [-0.15, -0.1) is 21.5 Å². The van der Waals surface area contributed by atoms with Gasteiger partial charge >= 0.3 is 0 Å². The average Bonchev–Trinajstić information content (AvgIpc) is 3.30. The number of hydrogen-bond acceptors (Lipinski definition) is 7. The van der Waals surface area contributed by atoms with E-state index in [9.17, 15) is 4.79 Å². The second kappa shape index (κ2) is 6.85. The summed E-state index contributed by atoms with van der Waals surface area (Å²) in [5.41, 5.74) is 9.23. The Balaban J connectivity index is 1.51. The highest BCUT2D eigenvalue weighted by Gasteiger charge is 2.15. The van der Waals surface area contributed by atoms with Crippen molar-refractivity contribution in [1.29, 1.82) is 0 Å². The molecular formula is C17H16N6OS2. The lowest BCUT2D eigenvalue weighted by molar-refractivity contribution is 0.0948. The summed E-state index contributed by atoms with van der Waals surface area (Å²) in [6, 6.07) is 8.08. The van der Waals surface area contributed by atoms with Crippen LogP contribution in [0.1, 0.15) is 21.1 Å². The maximum Gasteiger partial charge on any atom is 0.269 e. The van der Waals surface area contributed by atoms with Crippen LogP contribution in [0.5, 0.6) is 0 Å². The molecule has 0 saturated carbocycles. The zero-order valence-corrected chi connectivity index (χ0v) is 15.6. The van der Waals surface area contributed by atoms with Crippen LogP contribution in [-0.4, -0.2) is 32.0 Å². The van der Waals surface area contributed by atoms with E-state index >= 15 is 0 Å². The lowest BCUT2D eigenvalue weighted by Crippen LogP contribution is -2.26. The highest BCUT2D eigenvalue weighted by molar-refractivity contribution is 7.15. The number of carbonyl (C=O) groups is 1. The van der Waals surface area contributed by atoms with Crippen LogP contribution in [0.4, 0.5) is 5.13 Å². The molecule has 0 bridgehead atoms. The van der Waals surface area contributed by atoms with E-state index < -0.39 is 0 Å². The molecule has 3 heterocycles. The van der Waals surface area contributed by atoms with Crippen LogP contribution in [0.3, 0.4) is 0 Å². The van der Waals surface area contributed by atoms with E-state index in [2.05, 4.69) is 33.5 Å². The number of fused-ring (bicyclic) bond motifs is 1. The predicted molar refractivity (Wildman–Crippen MR) is 104 cm³/mol. The van der Waals surface area contributed by atoms with Crippen molar-refractivity contribution < 1.29 is 4.79 Å². The molecular weight excluding hydrogens is 368 g/mol. The first-order chi connectivity index (χ1) is 12.6. The quantitative estimate of drug-likeness (QED) is 0.551. The average molecular weight is 384 g/mol. The van der Waals surface area contributed by atoms with Gasteiger partial charge in [0, 0.05) is 30.1 Å². The Morgan fingerprint density at radius 3 is 2.92 bits per heavy atom. The maximum absolute atomic E-state index is 12.5. The van der Waals surface area contributed by atoms with Gasteiger partial charge < -0.3 is 11.1 Å². The zero-order valence-electron chi connectivity index (χ0n) is 14.0. The molecule has 3 N–H and O–H groups in total. The molecule has 0 atom stereocenters. The van der Waals surface area contributed by atoms with E-state index in [-0.39, 0.29) is 5.91 Å². The van der Waals surface area contributed by atoms with Crippen molar-refractivity contribution >= 4 is 38.7 Å². The number of nitrogens with one attached hydrogen (secondary N) is 1. The zero-order chi connectivity index (χ0) is 18.1. The van der Waals surface area contributed by atoms with Gasteiger partial charge in [0.25, 0.3) is 5.91 Å². The largest absolute Gasteiger partial charge is 0.374 e. The molecule has 0 fully saturated rings. The van der Waals surface area contributed by atoms with Gasteiger partial charge in [0.05, 0.1) is 5.69 Å². The predicted octanol–water partition coefficient (Wildman–Crippen LogP) is 2.78. The molecule has 1 aromatic carbocycles. The topological polar surface area (TPSA) is 98.2 Å². The number of benzene rings is 1. The molecule has 0 aliphatic carbocycles. The molecule has 0 aliphatic rings. The number of nitrogens with two attached hydrogens (primary N) is 1. The molecule has 0 spiro atoms. The fourth-order valence-electron chi connectivity index (χ4n) is 2.68. The van der Waals surface area contributed by atoms with E-state index in [1.807, 2.05) is 34.2 Å². The number of hydrogen-bond donors (Lipinski definition) is 2. The Morgan fingerprint density at radius 1 is 1.31 bits per heavy atom. The fraction of sp³-hybridized carbons (Fsp3) is 0.176. The number of imidazole rings is 1. The number of carbonyl (C=O) groups excluding carboxylic acids is 1. The normalized spacial score (nSPS) is 11.1. The lowest BCUT2D eigenvalue weighted by atomic mass is 10.1. The van der Waals surface area contributed by atoms with Gasteiger partial charge in [-0.25, -0.2) is 4.98 Å². The molecule has 132 valence electrons. The molecule has 1 amide bonds. The van der Waals surface area contributed by atoms with Crippen LogP contribution >= 0.6 is 22.7 Å². The van der Waals surface area contributed by atoms with E-state index in [0.717, 1.165) is 26.8 Å². The first kappa shape index (κ1) is 16.7. The van der Waals surface area contributed by atoms with E-state index in [1.54, 1.807) is 0 Å². The number of rotatable bonds is 5.